The van der Waals surface area contributed by atoms with Crippen molar-refractivity contribution in [3.8, 4) is 0 Å². The molecule has 0 saturated carbocycles. The number of carboxylic acids is 1. The molecule has 98 valence electrons. The third kappa shape index (κ3) is 4.32. The van der Waals surface area contributed by atoms with Gasteiger partial charge in [-0.1, -0.05) is 0 Å². The summed E-state index contributed by atoms with van der Waals surface area (Å²) in [5.74, 6) is -1.07. The van der Waals surface area contributed by atoms with Crippen LogP contribution in [0.3, 0.4) is 0 Å². The fourth-order valence-electron chi connectivity index (χ4n) is 1.87. The lowest BCUT2D eigenvalue weighted by atomic mass is 10.2. The summed E-state index contributed by atoms with van der Waals surface area (Å²) in [6.07, 6.45) is 1.53. The predicted octanol–water partition coefficient (Wildman–Crippen LogP) is 0.115. The van der Waals surface area contributed by atoms with Gasteiger partial charge in [0.2, 0.25) is 5.91 Å². The standard InChI is InChI=1S/C11H19NO5/c1-16-7-8-17-6-4-10(13)12-5-2-3-9(12)11(14)15/h9H,2-8H2,1H3,(H,14,15)/t9-/m1/s1. The zero-order chi connectivity index (χ0) is 12.7. The minimum atomic E-state index is -0.920. The van der Waals surface area contributed by atoms with E-state index in [-0.39, 0.29) is 12.3 Å². The van der Waals surface area contributed by atoms with Gasteiger partial charge in [0.1, 0.15) is 6.04 Å². The number of hydrogen-bond acceptors (Lipinski definition) is 4. The van der Waals surface area contributed by atoms with E-state index in [1.807, 2.05) is 0 Å². The number of carbonyl (C=O) groups excluding carboxylic acids is 1. The number of hydrogen-bond donors (Lipinski definition) is 1. The molecule has 1 amide bonds. The van der Waals surface area contributed by atoms with Crippen LogP contribution in [0.5, 0.6) is 0 Å². The molecule has 1 fully saturated rings. The molecule has 0 bridgehead atoms. The fraction of sp³-hybridized carbons (Fsp3) is 0.818. The third-order valence-corrected chi connectivity index (χ3v) is 2.75. The molecule has 0 aromatic heterocycles. The topological polar surface area (TPSA) is 76.1 Å². The highest BCUT2D eigenvalue weighted by molar-refractivity contribution is 5.84. The Balaban J connectivity index is 2.25. The smallest absolute Gasteiger partial charge is 0.326 e. The Morgan fingerprint density at radius 3 is 2.76 bits per heavy atom. The van der Waals surface area contributed by atoms with Crippen LogP contribution >= 0.6 is 0 Å². The number of carbonyl (C=O) groups is 2. The summed E-state index contributed by atoms with van der Waals surface area (Å²) >= 11 is 0. The molecule has 17 heavy (non-hydrogen) atoms. The first-order chi connectivity index (χ1) is 8.16. The highest BCUT2D eigenvalue weighted by Gasteiger charge is 2.33. The number of ether oxygens (including phenoxy) is 2. The van der Waals surface area contributed by atoms with E-state index in [2.05, 4.69) is 0 Å². The molecule has 1 aliphatic rings. The van der Waals surface area contributed by atoms with Gasteiger partial charge in [-0.15, -0.1) is 0 Å². The molecule has 0 spiro atoms. The Bertz CT molecular complexity index is 269. The van der Waals surface area contributed by atoms with Gasteiger partial charge in [-0.3, -0.25) is 4.79 Å². The second-order valence-corrected chi connectivity index (χ2v) is 3.94. The number of carboxylic acid groups (broad SMARTS) is 1. The third-order valence-electron chi connectivity index (χ3n) is 2.75. The molecule has 0 radical (unpaired) electrons. The molecule has 0 aromatic rings. The van der Waals surface area contributed by atoms with Crippen molar-refractivity contribution in [2.75, 3.05) is 33.5 Å². The molecular weight excluding hydrogens is 226 g/mol. The summed E-state index contributed by atoms with van der Waals surface area (Å²) in [7, 11) is 1.58. The van der Waals surface area contributed by atoms with Crippen molar-refractivity contribution in [1.82, 2.24) is 4.90 Å². The highest BCUT2D eigenvalue weighted by Crippen LogP contribution is 2.18. The van der Waals surface area contributed by atoms with Crippen LogP contribution in [0.1, 0.15) is 19.3 Å². The maximum atomic E-state index is 11.7. The van der Waals surface area contributed by atoms with Crippen LogP contribution in [-0.4, -0.2) is 61.4 Å². The molecule has 1 rings (SSSR count). The monoisotopic (exact) mass is 245 g/mol. The van der Waals surface area contributed by atoms with E-state index < -0.39 is 12.0 Å². The number of likely N-dealkylation sites (tertiary alicyclic amines) is 1. The first-order valence-corrected chi connectivity index (χ1v) is 5.75. The maximum absolute atomic E-state index is 11.7. The van der Waals surface area contributed by atoms with E-state index in [1.54, 1.807) is 7.11 Å². The summed E-state index contributed by atoms with van der Waals surface area (Å²) in [6, 6.07) is -0.651. The maximum Gasteiger partial charge on any atom is 0.326 e. The molecule has 6 heteroatoms. The van der Waals surface area contributed by atoms with Crippen LogP contribution in [0.25, 0.3) is 0 Å². The van der Waals surface area contributed by atoms with Crippen molar-refractivity contribution < 1.29 is 24.2 Å². The SMILES string of the molecule is COCCOCCC(=O)N1CCC[C@@H]1C(=O)O. The Labute approximate surface area is 100 Å². The Kier molecular flexibility index (Phi) is 5.93. The van der Waals surface area contributed by atoms with E-state index >= 15 is 0 Å². The van der Waals surface area contributed by atoms with Crippen molar-refractivity contribution in [2.24, 2.45) is 0 Å². The van der Waals surface area contributed by atoms with Gasteiger partial charge in [0, 0.05) is 13.7 Å². The minimum absolute atomic E-state index is 0.146. The van der Waals surface area contributed by atoms with Crippen molar-refractivity contribution in [3.05, 3.63) is 0 Å². The summed E-state index contributed by atoms with van der Waals surface area (Å²) in [4.78, 5) is 24.1. The molecule has 1 heterocycles. The van der Waals surface area contributed by atoms with Crippen LogP contribution in [0, 0.1) is 0 Å². The minimum Gasteiger partial charge on any atom is -0.480 e. The summed E-state index contributed by atoms with van der Waals surface area (Å²) in [6.45, 7) is 1.79. The quantitative estimate of drug-likeness (QED) is 0.644. The van der Waals surface area contributed by atoms with E-state index in [1.165, 1.54) is 4.90 Å². The van der Waals surface area contributed by atoms with Gasteiger partial charge < -0.3 is 19.5 Å². The van der Waals surface area contributed by atoms with Gasteiger partial charge in [-0.05, 0) is 12.8 Å². The number of aliphatic carboxylic acids is 1. The van der Waals surface area contributed by atoms with Crippen LogP contribution in [0.4, 0.5) is 0 Å². The second kappa shape index (κ2) is 7.24. The number of amides is 1. The Morgan fingerprint density at radius 2 is 2.12 bits per heavy atom. The lowest BCUT2D eigenvalue weighted by molar-refractivity contribution is -0.148. The van der Waals surface area contributed by atoms with E-state index in [4.69, 9.17) is 14.6 Å². The Morgan fingerprint density at radius 1 is 1.35 bits per heavy atom. The van der Waals surface area contributed by atoms with E-state index in [9.17, 15) is 9.59 Å². The van der Waals surface area contributed by atoms with Gasteiger partial charge in [0.15, 0.2) is 0 Å². The van der Waals surface area contributed by atoms with Crippen molar-refractivity contribution in [2.45, 2.75) is 25.3 Å². The number of nitrogens with zero attached hydrogens (tertiary/aromatic N) is 1. The molecule has 0 unspecified atom stereocenters. The van der Waals surface area contributed by atoms with Gasteiger partial charge in [-0.25, -0.2) is 4.79 Å². The molecule has 0 aliphatic carbocycles. The van der Waals surface area contributed by atoms with Crippen molar-refractivity contribution in [3.63, 3.8) is 0 Å². The molecule has 1 atom stereocenters. The first-order valence-electron chi connectivity index (χ1n) is 5.75. The lowest BCUT2D eigenvalue weighted by Crippen LogP contribution is -2.40. The average Bonchev–Trinajstić information content (AvgIpc) is 2.77. The zero-order valence-electron chi connectivity index (χ0n) is 10.1. The second-order valence-electron chi connectivity index (χ2n) is 3.94. The number of methoxy groups -OCH3 is 1. The van der Waals surface area contributed by atoms with Crippen LogP contribution < -0.4 is 0 Å². The molecule has 6 nitrogen and oxygen atoms in total. The lowest BCUT2D eigenvalue weighted by Gasteiger charge is -2.21. The first kappa shape index (κ1) is 13.9. The number of rotatable bonds is 7. The summed E-state index contributed by atoms with van der Waals surface area (Å²) < 4.78 is 9.98. The van der Waals surface area contributed by atoms with Gasteiger partial charge >= 0.3 is 5.97 Å². The van der Waals surface area contributed by atoms with Crippen LogP contribution in [-0.2, 0) is 19.1 Å². The largest absolute Gasteiger partial charge is 0.480 e. The summed E-state index contributed by atoms with van der Waals surface area (Å²) in [5.41, 5.74) is 0. The normalized spacial score (nSPS) is 19.6. The van der Waals surface area contributed by atoms with Gasteiger partial charge in [-0.2, -0.15) is 0 Å². The molecule has 1 aliphatic heterocycles. The van der Waals surface area contributed by atoms with Gasteiger partial charge in [0.25, 0.3) is 0 Å². The zero-order valence-corrected chi connectivity index (χ0v) is 10.1. The van der Waals surface area contributed by atoms with Crippen LogP contribution in [0.2, 0.25) is 0 Å². The Hall–Kier alpha value is -1.14. The predicted molar refractivity (Wildman–Crippen MR) is 59.7 cm³/mol. The summed E-state index contributed by atoms with van der Waals surface area (Å²) in [5, 5.41) is 8.93. The molecule has 1 saturated heterocycles. The highest BCUT2D eigenvalue weighted by atomic mass is 16.5. The molecule has 1 N–H and O–H groups in total. The van der Waals surface area contributed by atoms with Crippen molar-refractivity contribution in [1.29, 1.82) is 0 Å². The van der Waals surface area contributed by atoms with Gasteiger partial charge in [0.05, 0.1) is 26.2 Å². The van der Waals surface area contributed by atoms with E-state index in [0.29, 0.717) is 32.8 Å². The van der Waals surface area contributed by atoms with E-state index in [0.717, 1.165) is 6.42 Å². The average molecular weight is 245 g/mol. The molecule has 0 aromatic carbocycles. The molecular formula is C11H19NO5. The van der Waals surface area contributed by atoms with Crippen molar-refractivity contribution >= 4 is 11.9 Å². The fourth-order valence-corrected chi connectivity index (χ4v) is 1.87. The van der Waals surface area contributed by atoms with Crippen LogP contribution in [0.15, 0.2) is 0 Å².